The zero-order valence-corrected chi connectivity index (χ0v) is 16.1. The number of benzene rings is 1. The predicted octanol–water partition coefficient (Wildman–Crippen LogP) is 2.76. The summed E-state index contributed by atoms with van der Waals surface area (Å²) in [6.45, 7) is 3.50. The van der Waals surface area contributed by atoms with Gasteiger partial charge in [-0.1, -0.05) is 12.1 Å². The summed E-state index contributed by atoms with van der Waals surface area (Å²) in [4.78, 5) is 28.3. The molecule has 0 aliphatic carbocycles. The van der Waals surface area contributed by atoms with Gasteiger partial charge < -0.3 is 16.0 Å². The fraction of sp³-hybridized carbons (Fsp3) is 0.350. The van der Waals surface area contributed by atoms with Crippen LogP contribution in [0.1, 0.15) is 35.7 Å². The second kappa shape index (κ2) is 10.0. The molecule has 144 valence electrons. The molecule has 6 nitrogen and oxygen atoms in total. The number of nitrogens with one attached hydrogen (secondary N) is 3. The van der Waals surface area contributed by atoms with Gasteiger partial charge in [0.1, 0.15) is 0 Å². The molecule has 27 heavy (non-hydrogen) atoms. The van der Waals surface area contributed by atoms with Gasteiger partial charge in [0.2, 0.25) is 5.91 Å². The number of hydrogen-bond donors (Lipinski definition) is 3. The predicted molar refractivity (Wildman–Crippen MR) is 108 cm³/mol. The van der Waals surface area contributed by atoms with E-state index in [0.29, 0.717) is 23.8 Å². The van der Waals surface area contributed by atoms with Crippen molar-refractivity contribution >= 4 is 29.9 Å². The monoisotopic (exact) mass is 388 g/mol. The average molecular weight is 389 g/mol. The number of amides is 2. The van der Waals surface area contributed by atoms with Gasteiger partial charge in [-0.25, -0.2) is 0 Å². The Kier molecular flexibility index (Phi) is 7.76. The molecule has 1 fully saturated rings. The Balaban J connectivity index is 0.00000261. The third kappa shape index (κ3) is 6.05. The van der Waals surface area contributed by atoms with Crippen LogP contribution in [0.3, 0.4) is 0 Å². The van der Waals surface area contributed by atoms with E-state index in [-0.39, 0.29) is 30.1 Å². The topological polar surface area (TPSA) is 83.1 Å². The normalized spacial score (nSPS) is 18.9. The van der Waals surface area contributed by atoms with Crippen molar-refractivity contribution in [1.29, 1.82) is 0 Å². The molecule has 1 aromatic heterocycles. The van der Waals surface area contributed by atoms with Crippen molar-refractivity contribution in [3.05, 3.63) is 59.9 Å². The Morgan fingerprint density at radius 3 is 2.67 bits per heavy atom. The third-order valence-corrected chi connectivity index (χ3v) is 4.60. The minimum atomic E-state index is -0.195. The zero-order valence-electron chi connectivity index (χ0n) is 15.3. The van der Waals surface area contributed by atoms with Crippen LogP contribution < -0.4 is 16.0 Å². The van der Waals surface area contributed by atoms with E-state index in [1.807, 2.05) is 24.3 Å². The lowest BCUT2D eigenvalue weighted by atomic mass is 9.92. The van der Waals surface area contributed by atoms with E-state index in [9.17, 15) is 9.59 Å². The maximum Gasteiger partial charge on any atom is 0.257 e. The first-order valence-electron chi connectivity index (χ1n) is 8.93. The van der Waals surface area contributed by atoms with E-state index in [1.165, 1.54) is 6.20 Å². The SMILES string of the molecule is C[C@H]1C[C@@H](C(=O)NCc2ccc(NC(=O)c3cccnc3)cc2)CCN1.Cl. The van der Waals surface area contributed by atoms with Crippen molar-refractivity contribution < 1.29 is 9.59 Å². The van der Waals surface area contributed by atoms with Gasteiger partial charge in [0.05, 0.1) is 5.56 Å². The minimum absolute atomic E-state index is 0. The number of piperidine rings is 1. The van der Waals surface area contributed by atoms with Gasteiger partial charge in [0.15, 0.2) is 0 Å². The molecule has 0 radical (unpaired) electrons. The molecule has 0 spiro atoms. The second-order valence-corrected chi connectivity index (χ2v) is 6.69. The summed E-state index contributed by atoms with van der Waals surface area (Å²) in [7, 11) is 0. The number of hydrogen-bond acceptors (Lipinski definition) is 4. The molecular weight excluding hydrogens is 364 g/mol. The zero-order chi connectivity index (χ0) is 18.4. The summed E-state index contributed by atoms with van der Waals surface area (Å²) in [5, 5.41) is 9.20. The molecule has 1 aliphatic rings. The van der Waals surface area contributed by atoms with Crippen molar-refractivity contribution in [2.24, 2.45) is 5.92 Å². The van der Waals surface area contributed by atoms with Gasteiger partial charge in [-0.3, -0.25) is 14.6 Å². The summed E-state index contributed by atoms with van der Waals surface area (Å²) in [6, 6.07) is 11.3. The van der Waals surface area contributed by atoms with E-state index in [0.717, 1.165) is 24.9 Å². The van der Waals surface area contributed by atoms with Crippen LogP contribution in [0.25, 0.3) is 0 Å². The molecular formula is C20H25ClN4O2. The lowest BCUT2D eigenvalue weighted by Crippen LogP contribution is -2.42. The number of aromatic nitrogens is 1. The van der Waals surface area contributed by atoms with Crippen LogP contribution in [0.5, 0.6) is 0 Å². The Morgan fingerprint density at radius 1 is 1.22 bits per heavy atom. The van der Waals surface area contributed by atoms with Gasteiger partial charge in [0, 0.05) is 36.6 Å². The Hall–Kier alpha value is -2.44. The largest absolute Gasteiger partial charge is 0.352 e. The highest BCUT2D eigenvalue weighted by Gasteiger charge is 2.24. The number of carbonyl (C=O) groups is 2. The molecule has 3 rings (SSSR count). The lowest BCUT2D eigenvalue weighted by Gasteiger charge is -2.27. The molecule has 3 N–H and O–H groups in total. The standard InChI is InChI=1S/C20H24N4O2.ClH/c1-14-11-16(8-10-22-14)19(25)23-12-15-4-6-18(7-5-15)24-20(26)17-3-2-9-21-13-17;/h2-7,9,13-14,16,22H,8,10-12H2,1H3,(H,23,25)(H,24,26);1H/t14-,16-;/m0./s1. The molecule has 0 saturated carbocycles. The molecule has 2 aromatic rings. The maximum absolute atomic E-state index is 12.3. The molecule has 1 saturated heterocycles. The van der Waals surface area contributed by atoms with Gasteiger partial charge in [-0.05, 0) is 56.1 Å². The first kappa shape index (κ1) is 20.9. The van der Waals surface area contributed by atoms with Crippen molar-refractivity contribution in [1.82, 2.24) is 15.6 Å². The number of pyridine rings is 1. The van der Waals surface area contributed by atoms with Crippen molar-refractivity contribution in [3.63, 3.8) is 0 Å². The number of anilines is 1. The van der Waals surface area contributed by atoms with Crippen molar-refractivity contribution in [2.45, 2.75) is 32.4 Å². The van der Waals surface area contributed by atoms with E-state index in [4.69, 9.17) is 0 Å². The molecule has 2 atom stereocenters. The highest BCUT2D eigenvalue weighted by molar-refractivity contribution is 6.04. The molecule has 1 aromatic carbocycles. The van der Waals surface area contributed by atoms with Crippen LogP contribution in [0.4, 0.5) is 5.69 Å². The van der Waals surface area contributed by atoms with Gasteiger partial charge in [-0.15, -0.1) is 12.4 Å². The smallest absolute Gasteiger partial charge is 0.257 e. The molecule has 0 unspecified atom stereocenters. The van der Waals surface area contributed by atoms with Gasteiger partial charge >= 0.3 is 0 Å². The second-order valence-electron chi connectivity index (χ2n) is 6.69. The summed E-state index contributed by atoms with van der Waals surface area (Å²) in [6.07, 6.45) is 4.92. The van der Waals surface area contributed by atoms with Crippen LogP contribution in [-0.2, 0) is 11.3 Å². The average Bonchev–Trinajstić information content (AvgIpc) is 2.68. The summed E-state index contributed by atoms with van der Waals surface area (Å²) >= 11 is 0. The summed E-state index contributed by atoms with van der Waals surface area (Å²) in [5.74, 6) is 0.00998. The minimum Gasteiger partial charge on any atom is -0.352 e. The molecule has 7 heteroatoms. The maximum atomic E-state index is 12.3. The number of nitrogens with zero attached hydrogens (tertiary/aromatic N) is 1. The first-order chi connectivity index (χ1) is 12.6. The molecule has 2 heterocycles. The van der Waals surface area contributed by atoms with Crippen molar-refractivity contribution in [3.8, 4) is 0 Å². The highest BCUT2D eigenvalue weighted by atomic mass is 35.5. The Morgan fingerprint density at radius 2 is 2.00 bits per heavy atom. The van der Waals surface area contributed by atoms with Crippen LogP contribution >= 0.6 is 12.4 Å². The number of rotatable bonds is 5. The lowest BCUT2D eigenvalue weighted by molar-refractivity contribution is -0.126. The van der Waals surface area contributed by atoms with E-state index in [1.54, 1.807) is 18.3 Å². The quantitative estimate of drug-likeness (QED) is 0.735. The molecule has 0 bridgehead atoms. The first-order valence-corrected chi connectivity index (χ1v) is 8.93. The van der Waals surface area contributed by atoms with Crippen LogP contribution in [-0.4, -0.2) is 29.4 Å². The third-order valence-electron chi connectivity index (χ3n) is 4.60. The van der Waals surface area contributed by atoms with Gasteiger partial charge in [-0.2, -0.15) is 0 Å². The molecule has 2 amide bonds. The fourth-order valence-corrected chi connectivity index (χ4v) is 3.11. The van der Waals surface area contributed by atoms with Gasteiger partial charge in [0.25, 0.3) is 5.91 Å². The van der Waals surface area contributed by atoms with Crippen LogP contribution in [0.15, 0.2) is 48.8 Å². The summed E-state index contributed by atoms with van der Waals surface area (Å²) < 4.78 is 0. The Bertz CT molecular complexity index is 752. The summed E-state index contributed by atoms with van der Waals surface area (Å²) in [5.41, 5.74) is 2.22. The van der Waals surface area contributed by atoms with Crippen LogP contribution in [0, 0.1) is 5.92 Å². The van der Waals surface area contributed by atoms with E-state index >= 15 is 0 Å². The van der Waals surface area contributed by atoms with Crippen molar-refractivity contribution in [2.75, 3.05) is 11.9 Å². The van der Waals surface area contributed by atoms with E-state index < -0.39 is 0 Å². The highest BCUT2D eigenvalue weighted by Crippen LogP contribution is 2.16. The number of halogens is 1. The number of carbonyl (C=O) groups excluding carboxylic acids is 2. The van der Waals surface area contributed by atoms with E-state index in [2.05, 4.69) is 27.9 Å². The van der Waals surface area contributed by atoms with Crippen LogP contribution in [0.2, 0.25) is 0 Å². The fourth-order valence-electron chi connectivity index (χ4n) is 3.11. The molecule has 1 aliphatic heterocycles. The Labute approximate surface area is 165 Å².